The molecule has 1 aliphatic rings. The number of hydrogen-bond donors (Lipinski definition) is 5. The van der Waals surface area contributed by atoms with E-state index in [0.717, 1.165) is 5.56 Å². The van der Waals surface area contributed by atoms with Crippen molar-refractivity contribution >= 4 is 23.7 Å². The highest BCUT2D eigenvalue weighted by Gasteiger charge is 2.37. The van der Waals surface area contributed by atoms with E-state index < -0.39 is 42.5 Å². The average molecular weight is 449 g/mol. The van der Waals surface area contributed by atoms with Crippen molar-refractivity contribution in [3.05, 3.63) is 29.8 Å². The van der Waals surface area contributed by atoms with Crippen LogP contribution in [0.4, 0.5) is 0 Å². The molecule has 1 aromatic carbocycles. The molecule has 1 aliphatic heterocycles. The third-order valence-electron chi connectivity index (χ3n) is 5.30. The van der Waals surface area contributed by atoms with Crippen molar-refractivity contribution in [1.82, 2.24) is 15.5 Å². The van der Waals surface area contributed by atoms with Crippen LogP contribution in [0, 0.1) is 5.92 Å². The van der Waals surface area contributed by atoms with Crippen LogP contribution in [0.1, 0.15) is 38.7 Å². The van der Waals surface area contributed by atoms with Gasteiger partial charge in [-0.1, -0.05) is 26.0 Å². The molecule has 10 nitrogen and oxygen atoms in total. The number of phenols is 1. The molecule has 2 rings (SSSR count). The molecule has 0 aromatic heterocycles. The molecular formula is C22H32N4O6. The molecule has 32 heavy (non-hydrogen) atoms. The lowest BCUT2D eigenvalue weighted by Crippen LogP contribution is -2.56. The van der Waals surface area contributed by atoms with Crippen LogP contribution in [0.5, 0.6) is 5.75 Å². The number of nitrogens with two attached hydrogens (primary N) is 1. The Morgan fingerprint density at radius 3 is 2.44 bits per heavy atom. The van der Waals surface area contributed by atoms with Gasteiger partial charge >= 0.3 is 5.97 Å². The standard InChI is InChI=1S/C22H32N4O6/c1-13(2)10-17(20(30)24-12-19(28)29)25-21(31)18-4-3-9-26(18)22(32)16(23)11-14-5-7-15(27)8-6-14/h5-8,13,16-18,27H,3-4,9-12,23H2,1-2H3,(H,24,30)(H,25,31)(H,28,29)/t16-,17-,18-/m0/s1. The maximum absolute atomic E-state index is 12.9. The normalized spacial score (nSPS) is 17.6. The molecule has 10 heteroatoms. The molecule has 1 aromatic rings. The maximum Gasteiger partial charge on any atom is 0.322 e. The zero-order valence-corrected chi connectivity index (χ0v) is 18.4. The Morgan fingerprint density at radius 1 is 1.19 bits per heavy atom. The highest BCUT2D eigenvalue weighted by atomic mass is 16.4. The second kappa shape index (κ2) is 11.5. The van der Waals surface area contributed by atoms with Gasteiger partial charge in [-0.25, -0.2) is 0 Å². The lowest BCUT2D eigenvalue weighted by atomic mass is 10.0. The fourth-order valence-corrected chi connectivity index (χ4v) is 3.75. The van der Waals surface area contributed by atoms with Gasteiger partial charge in [0, 0.05) is 6.54 Å². The van der Waals surface area contributed by atoms with E-state index in [0.29, 0.717) is 25.8 Å². The second-order valence-electron chi connectivity index (χ2n) is 8.47. The van der Waals surface area contributed by atoms with E-state index in [2.05, 4.69) is 10.6 Å². The lowest BCUT2D eigenvalue weighted by Gasteiger charge is -2.28. The van der Waals surface area contributed by atoms with E-state index in [1.165, 1.54) is 17.0 Å². The molecule has 0 aliphatic carbocycles. The molecule has 1 fully saturated rings. The molecule has 3 atom stereocenters. The minimum atomic E-state index is -1.18. The molecule has 1 heterocycles. The van der Waals surface area contributed by atoms with E-state index in [1.54, 1.807) is 12.1 Å². The number of hydrogen-bond acceptors (Lipinski definition) is 6. The summed E-state index contributed by atoms with van der Waals surface area (Å²) in [5.74, 6) is -2.36. The summed E-state index contributed by atoms with van der Waals surface area (Å²) in [6.45, 7) is 3.62. The third kappa shape index (κ3) is 7.23. The number of benzene rings is 1. The molecule has 0 radical (unpaired) electrons. The molecule has 1 saturated heterocycles. The maximum atomic E-state index is 12.9. The van der Waals surface area contributed by atoms with Gasteiger partial charge in [0.1, 0.15) is 24.4 Å². The van der Waals surface area contributed by atoms with E-state index in [-0.39, 0.29) is 24.0 Å². The minimum Gasteiger partial charge on any atom is -0.508 e. The van der Waals surface area contributed by atoms with Gasteiger partial charge in [-0.05, 0) is 49.3 Å². The Balaban J connectivity index is 2.03. The molecule has 0 bridgehead atoms. The number of nitrogens with zero attached hydrogens (tertiary/aromatic N) is 1. The summed E-state index contributed by atoms with van der Waals surface area (Å²) >= 11 is 0. The van der Waals surface area contributed by atoms with Gasteiger partial charge in [-0.2, -0.15) is 0 Å². The fourth-order valence-electron chi connectivity index (χ4n) is 3.75. The number of amides is 3. The van der Waals surface area contributed by atoms with Gasteiger partial charge < -0.3 is 31.5 Å². The summed E-state index contributed by atoms with van der Waals surface area (Å²) in [4.78, 5) is 50.4. The van der Waals surface area contributed by atoms with Crippen molar-refractivity contribution in [2.24, 2.45) is 11.7 Å². The first kappa shape index (κ1) is 25.1. The van der Waals surface area contributed by atoms with Crippen molar-refractivity contribution in [1.29, 1.82) is 0 Å². The summed E-state index contributed by atoms with van der Waals surface area (Å²) in [7, 11) is 0. The minimum absolute atomic E-state index is 0.0796. The van der Waals surface area contributed by atoms with Crippen molar-refractivity contribution < 1.29 is 29.4 Å². The average Bonchev–Trinajstić information content (AvgIpc) is 3.22. The van der Waals surface area contributed by atoms with Crippen LogP contribution in [-0.2, 0) is 25.6 Å². The number of rotatable bonds is 10. The first-order chi connectivity index (χ1) is 15.1. The van der Waals surface area contributed by atoms with Crippen molar-refractivity contribution in [3.8, 4) is 5.75 Å². The summed E-state index contributed by atoms with van der Waals surface area (Å²) < 4.78 is 0. The summed E-state index contributed by atoms with van der Waals surface area (Å²) in [5, 5.41) is 23.1. The van der Waals surface area contributed by atoms with Gasteiger partial charge in [0.25, 0.3) is 0 Å². The highest BCUT2D eigenvalue weighted by Crippen LogP contribution is 2.20. The number of aromatic hydroxyl groups is 1. The zero-order chi connectivity index (χ0) is 23.8. The number of carboxylic acid groups (broad SMARTS) is 1. The van der Waals surface area contributed by atoms with Crippen molar-refractivity contribution in [3.63, 3.8) is 0 Å². The Kier molecular flexibility index (Phi) is 9.01. The first-order valence-corrected chi connectivity index (χ1v) is 10.7. The first-order valence-electron chi connectivity index (χ1n) is 10.7. The Labute approximate surface area is 187 Å². The number of likely N-dealkylation sites (tertiary alicyclic amines) is 1. The molecule has 3 amide bonds. The predicted molar refractivity (Wildman–Crippen MR) is 117 cm³/mol. The monoisotopic (exact) mass is 448 g/mol. The fraction of sp³-hybridized carbons (Fsp3) is 0.545. The number of carboxylic acids is 1. The number of phenolic OH excluding ortho intramolecular Hbond substituents is 1. The number of aliphatic carboxylic acids is 1. The van der Waals surface area contributed by atoms with E-state index in [1.807, 2.05) is 13.8 Å². The number of carbonyl (C=O) groups excluding carboxylic acids is 3. The van der Waals surface area contributed by atoms with Crippen LogP contribution in [0.15, 0.2) is 24.3 Å². The number of carbonyl (C=O) groups is 4. The van der Waals surface area contributed by atoms with Crippen LogP contribution < -0.4 is 16.4 Å². The van der Waals surface area contributed by atoms with Gasteiger partial charge in [-0.3, -0.25) is 19.2 Å². The molecule has 176 valence electrons. The zero-order valence-electron chi connectivity index (χ0n) is 18.4. The van der Waals surface area contributed by atoms with Crippen molar-refractivity contribution in [2.75, 3.05) is 13.1 Å². The van der Waals surface area contributed by atoms with Gasteiger partial charge in [0.05, 0.1) is 6.04 Å². The topological polar surface area (TPSA) is 162 Å². The Bertz CT molecular complexity index is 826. The van der Waals surface area contributed by atoms with Crippen LogP contribution >= 0.6 is 0 Å². The Morgan fingerprint density at radius 2 is 1.84 bits per heavy atom. The quantitative estimate of drug-likeness (QED) is 0.336. The van der Waals surface area contributed by atoms with Gasteiger partial charge in [0.2, 0.25) is 17.7 Å². The van der Waals surface area contributed by atoms with Crippen LogP contribution in [0.25, 0.3) is 0 Å². The Hall–Kier alpha value is -3.14. The van der Waals surface area contributed by atoms with E-state index in [4.69, 9.17) is 10.8 Å². The number of nitrogens with one attached hydrogen (secondary N) is 2. The molecular weight excluding hydrogens is 416 g/mol. The molecule has 0 saturated carbocycles. The van der Waals surface area contributed by atoms with Crippen LogP contribution in [0.2, 0.25) is 0 Å². The second-order valence-corrected chi connectivity index (χ2v) is 8.47. The summed E-state index contributed by atoms with van der Waals surface area (Å²) in [6.07, 6.45) is 1.68. The smallest absolute Gasteiger partial charge is 0.322 e. The third-order valence-corrected chi connectivity index (χ3v) is 5.30. The van der Waals surface area contributed by atoms with E-state index in [9.17, 15) is 24.3 Å². The SMILES string of the molecule is CC(C)C[C@H](NC(=O)[C@@H]1CCCN1C(=O)[C@@H](N)Cc1ccc(O)cc1)C(=O)NCC(=O)O. The van der Waals surface area contributed by atoms with Crippen LogP contribution in [-0.4, -0.2) is 70.0 Å². The molecule has 0 spiro atoms. The van der Waals surface area contributed by atoms with E-state index >= 15 is 0 Å². The summed E-state index contributed by atoms with van der Waals surface area (Å²) in [5.41, 5.74) is 6.90. The summed E-state index contributed by atoms with van der Waals surface area (Å²) in [6, 6.07) is 3.91. The molecule has 6 N–H and O–H groups in total. The van der Waals surface area contributed by atoms with Crippen molar-refractivity contribution in [2.45, 2.75) is 57.7 Å². The predicted octanol–water partition coefficient (Wildman–Crippen LogP) is -0.0153. The highest BCUT2D eigenvalue weighted by molar-refractivity contribution is 5.94. The van der Waals surface area contributed by atoms with Gasteiger partial charge in [-0.15, -0.1) is 0 Å². The van der Waals surface area contributed by atoms with Crippen LogP contribution in [0.3, 0.4) is 0 Å². The molecule has 0 unspecified atom stereocenters. The van der Waals surface area contributed by atoms with Gasteiger partial charge in [0.15, 0.2) is 0 Å². The largest absolute Gasteiger partial charge is 0.508 e. The lowest BCUT2D eigenvalue weighted by molar-refractivity contribution is -0.141.